The summed E-state index contributed by atoms with van der Waals surface area (Å²) >= 11 is 0. The van der Waals surface area contributed by atoms with E-state index in [2.05, 4.69) is 15.1 Å². The van der Waals surface area contributed by atoms with Crippen LogP contribution in [-0.2, 0) is 12.3 Å². The molecule has 1 aliphatic rings. The number of pyridine rings is 2. The van der Waals surface area contributed by atoms with Gasteiger partial charge in [-0.25, -0.2) is 9.97 Å². The molecule has 1 N–H and O–H groups in total. The molecule has 4 heterocycles. The first-order valence-electron chi connectivity index (χ1n) is 10.3. The van der Waals surface area contributed by atoms with Crippen LogP contribution in [0.15, 0.2) is 30.7 Å². The average molecular weight is 477 g/mol. The second kappa shape index (κ2) is 8.28. The number of carbonyl (C=O) groups is 1. The molecular weight excluding hydrogens is 455 g/mol. The predicted octanol–water partition coefficient (Wildman–Crippen LogP) is 3.44. The van der Waals surface area contributed by atoms with Crippen molar-refractivity contribution in [2.75, 3.05) is 19.1 Å². The molecule has 9 nitrogen and oxygen atoms in total. The number of alkyl halides is 3. The van der Waals surface area contributed by atoms with Gasteiger partial charge in [0.1, 0.15) is 12.2 Å². The number of aliphatic hydroxyl groups is 1. The Kier molecular flexibility index (Phi) is 5.72. The number of carbonyl (C=O) groups excluding carboxylic acids is 1. The minimum Gasteiger partial charge on any atom is -0.491 e. The summed E-state index contributed by atoms with van der Waals surface area (Å²) < 4.78 is 49.4. The van der Waals surface area contributed by atoms with Gasteiger partial charge in [0.05, 0.1) is 37.4 Å². The summed E-state index contributed by atoms with van der Waals surface area (Å²) in [5.74, 6) is 0.0831. The third-order valence-corrected chi connectivity index (χ3v) is 5.62. The zero-order chi connectivity index (χ0) is 24.8. The van der Waals surface area contributed by atoms with E-state index in [1.54, 1.807) is 26.0 Å². The number of nitrogens with zero attached hydrogens (tertiary/aromatic N) is 5. The number of rotatable bonds is 6. The SMILES string of the molecule is CCC1(O)c2nc(-c3cnc(OC)c(OC)c3)cc(C)c2C(=O)N1c1cnn(CC(F)(F)F)c1. The van der Waals surface area contributed by atoms with E-state index in [-0.39, 0.29) is 29.2 Å². The van der Waals surface area contributed by atoms with Gasteiger partial charge in [0.2, 0.25) is 0 Å². The molecule has 3 aromatic rings. The lowest BCUT2D eigenvalue weighted by molar-refractivity contribution is -0.142. The summed E-state index contributed by atoms with van der Waals surface area (Å²) in [5, 5.41) is 15.3. The monoisotopic (exact) mass is 477 g/mol. The highest BCUT2D eigenvalue weighted by Gasteiger charge is 2.51. The third-order valence-electron chi connectivity index (χ3n) is 5.62. The molecule has 0 radical (unpaired) electrons. The molecule has 0 spiro atoms. The Hall–Kier alpha value is -3.67. The van der Waals surface area contributed by atoms with Crippen molar-refractivity contribution in [3.63, 3.8) is 0 Å². The minimum atomic E-state index is -4.48. The fourth-order valence-electron chi connectivity index (χ4n) is 4.03. The Labute approximate surface area is 192 Å². The topological polar surface area (TPSA) is 103 Å². The molecule has 12 heteroatoms. The highest BCUT2D eigenvalue weighted by Crippen LogP contribution is 2.44. The second-order valence-corrected chi connectivity index (χ2v) is 7.81. The van der Waals surface area contributed by atoms with Crippen LogP contribution in [0.2, 0.25) is 0 Å². The highest BCUT2D eigenvalue weighted by atomic mass is 19.4. The molecule has 1 amide bonds. The van der Waals surface area contributed by atoms with Gasteiger partial charge >= 0.3 is 6.18 Å². The van der Waals surface area contributed by atoms with Crippen molar-refractivity contribution in [3.05, 3.63) is 47.5 Å². The van der Waals surface area contributed by atoms with Crippen LogP contribution in [0, 0.1) is 6.92 Å². The van der Waals surface area contributed by atoms with Crippen LogP contribution in [0.5, 0.6) is 11.6 Å². The van der Waals surface area contributed by atoms with E-state index >= 15 is 0 Å². The second-order valence-electron chi connectivity index (χ2n) is 7.81. The van der Waals surface area contributed by atoms with Crippen LogP contribution in [0.4, 0.5) is 18.9 Å². The standard InChI is InChI=1S/C22H22F3N5O4/c1-5-21(32)18-17(20(31)30(21)14-9-27-29(10-14)11-22(23,24)25)12(2)6-15(28-18)13-7-16(33-3)19(34-4)26-8-13/h6-10,32H,5,11H2,1-4H3. The van der Waals surface area contributed by atoms with Gasteiger partial charge in [-0.05, 0) is 31.0 Å². The van der Waals surface area contributed by atoms with Crippen LogP contribution in [0.25, 0.3) is 11.3 Å². The number of anilines is 1. The van der Waals surface area contributed by atoms with Gasteiger partial charge in [-0.1, -0.05) is 6.92 Å². The molecule has 180 valence electrons. The van der Waals surface area contributed by atoms with E-state index in [1.807, 2.05) is 0 Å². The van der Waals surface area contributed by atoms with Crippen molar-refractivity contribution in [2.45, 2.75) is 38.7 Å². The number of aromatic nitrogens is 4. The van der Waals surface area contributed by atoms with Crippen molar-refractivity contribution < 1.29 is 32.5 Å². The molecule has 3 aromatic heterocycles. The molecule has 4 rings (SSSR count). The van der Waals surface area contributed by atoms with Crippen LogP contribution < -0.4 is 14.4 Å². The molecule has 0 saturated carbocycles. The van der Waals surface area contributed by atoms with E-state index < -0.39 is 24.4 Å². The van der Waals surface area contributed by atoms with Gasteiger partial charge in [0.15, 0.2) is 11.5 Å². The van der Waals surface area contributed by atoms with Crippen molar-refractivity contribution in [2.24, 2.45) is 0 Å². The number of fused-ring (bicyclic) bond motifs is 1. The Morgan fingerprint density at radius 3 is 2.53 bits per heavy atom. The van der Waals surface area contributed by atoms with Crippen LogP contribution in [-0.4, -0.2) is 51.2 Å². The van der Waals surface area contributed by atoms with Gasteiger partial charge < -0.3 is 14.6 Å². The Balaban J connectivity index is 1.80. The fourth-order valence-corrected chi connectivity index (χ4v) is 4.03. The average Bonchev–Trinajstić information content (AvgIpc) is 3.31. The summed E-state index contributed by atoms with van der Waals surface area (Å²) in [4.78, 5) is 23.2. The Morgan fingerprint density at radius 2 is 1.91 bits per heavy atom. The molecule has 0 saturated heterocycles. The first-order valence-corrected chi connectivity index (χ1v) is 10.3. The maximum atomic E-state index is 13.3. The van der Waals surface area contributed by atoms with E-state index in [0.717, 1.165) is 17.3 Å². The van der Waals surface area contributed by atoms with Crippen LogP contribution >= 0.6 is 0 Å². The fraction of sp³-hybridized carbons (Fsp3) is 0.364. The normalized spacial score (nSPS) is 17.8. The van der Waals surface area contributed by atoms with Crippen molar-refractivity contribution in [1.29, 1.82) is 0 Å². The molecular formula is C22H22F3N5O4. The molecule has 0 fully saturated rings. The zero-order valence-corrected chi connectivity index (χ0v) is 18.8. The van der Waals surface area contributed by atoms with Crippen LogP contribution in [0.1, 0.15) is 35.0 Å². The summed E-state index contributed by atoms with van der Waals surface area (Å²) in [5.41, 5.74) is -0.0333. The van der Waals surface area contributed by atoms with Crippen molar-refractivity contribution in [3.8, 4) is 22.9 Å². The largest absolute Gasteiger partial charge is 0.491 e. The van der Waals surface area contributed by atoms with E-state index in [1.165, 1.54) is 20.4 Å². The van der Waals surface area contributed by atoms with Crippen LogP contribution in [0.3, 0.4) is 0 Å². The first-order chi connectivity index (χ1) is 16.0. The number of hydrogen-bond acceptors (Lipinski definition) is 7. The maximum absolute atomic E-state index is 13.3. The molecule has 0 bridgehead atoms. The number of halogens is 3. The Morgan fingerprint density at radius 1 is 1.18 bits per heavy atom. The molecule has 1 unspecified atom stereocenters. The summed E-state index contributed by atoms with van der Waals surface area (Å²) in [6, 6.07) is 3.34. The number of ether oxygens (including phenoxy) is 2. The first kappa shape index (κ1) is 23.5. The molecule has 1 aliphatic heterocycles. The van der Waals surface area contributed by atoms with Crippen molar-refractivity contribution in [1.82, 2.24) is 19.7 Å². The quantitative estimate of drug-likeness (QED) is 0.580. The lowest BCUT2D eigenvalue weighted by Crippen LogP contribution is -2.43. The molecule has 0 aliphatic carbocycles. The van der Waals surface area contributed by atoms with Gasteiger partial charge in [0, 0.05) is 18.0 Å². The summed E-state index contributed by atoms with van der Waals surface area (Å²) in [6.07, 6.45) is -0.730. The van der Waals surface area contributed by atoms with E-state index in [9.17, 15) is 23.1 Å². The van der Waals surface area contributed by atoms with Crippen molar-refractivity contribution >= 4 is 11.6 Å². The predicted molar refractivity (Wildman–Crippen MR) is 115 cm³/mol. The summed E-state index contributed by atoms with van der Waals surface area (Å²) in [6.45, 7) is 2.03. The summed E-state index contributed by atoms with van der Waals surface area (Å²) in [7, 11) is 2.93. The maximum Gasteiger partial charge on any atom is 0.408 e. The van der Waals surface area contributed by atoms with Gasteiger partial charge in [-0.3, -0.25) is 14.4 Å². The number of aryl methyl sites for hydroxylation is 1. The third kappa shape index (κ3) is 3.83. The van der Waals surface area contributed by atoms with E-state index in [0.29, 0.717) is 27.3 Å². The Bertz CT molecular complexity index is 1260. The number of amides is 1. The lowest BCUT2D eigenvalue weighted by Gasteiger charge is -2.31. The smallest absolute Gasteiger partial charge is 0.408 e. The van der Waals surface area contributed by atoms with Gasteiger partial charge in [-0.15, -0.1) is 0 Å². The lowest BCUT2D eigenvalue weighted by atomic mass is 10.00. The van der Waals surface area contributed by atoms with E-state index in [4.69, 9.17) is 9.47 Å². The van der Waals surface area contributed by atoms with Gasteiger partial charge in [0.25, 0.3) is 11.8 Å². The molecule has 34 heavy (non-hydrogen) atoms. The van der Waals surface area contributed by atoms with Gasteiger partial charge in [-0.2, -0.15) is 18.3 Å². The molecule has 0 aromatic carbocycles. The highest BCUT2D eigenvalue weighted by molar-refractivity contribution is 6.12. The molecule has 1 atom stereocenters. The minimum absolute atomic E-state index is 0.0327. The zero-order valence-electron chi connectivity index (χ0n) is 18.8. The number of methoxy groups -OCH3 is 2. The number of hydrogen-bond donors (Lipinski definition) is 1.